The first-order chi connectivity index (χ1) is 14.7. The molecule has 30 heavy (non-hydrogen) atoms. The summed E-state index contributed by atoms with van der Waals surface area (Å²) < 4.78 is 7.39. The van der Waals surface area contributed by atoms with Crippen LogP contribution in [0.5, 0.6) is 5.75 Å². The van der Waals surface area contributed by atoms with E-state index in [1.807, 2.05) is 67.6 Å². The maximum absolute atomic E-state index is 13.4. The zero-order chi connectivity index (χ0) is 20.9. The fourth-order valence-electron chi connectivity index (χ4n) is 3.22. The Balaban J connectivity index is 1.85. The van der Waals surface area contributed by atoms with Crippen molar-refractivity contribution in [2.45, 2.75) is 17.8 Å². The van der Waals surface area contributed by atoms with E-state index in [1.165, 1.54) is 11.8 Å². The fourth-order valence-corrected chi connectivity index (χ4v) is 4.17. The first kappa shape index (κ1) is 19.7. The Labute approximate surface area is 178 Å². The molecule has 0 bridgehead atoms. The minimum absolute atomic E-state index is 0.138. The van der Waals surface area contributed by atoms with Gasteiger partial charge >= 0.3 is 0 Å². The molecule has 1 heterocycles. The molecule has 0 saturated heterocycles. The molecule has 4 aromatic rings. The highest BCUT2D eigenvalue weighted by Crippen LogP contribution is 2.29. The lowest BCUT2D eigenvalue weighted by Crippen LogP contribution is -2.22. The number of thioether (sulfide) groups is 1. The molecule has 0 aliphatic heterocycles. The smallest absolute Gasteiger partial charge is 0.266 e. The monoisotopic (exact) mass is 413 g/mol. The zero-order valence-electron chi connectivity index (χ0n) is 16.4. The summed E-state index contributed by atoms with van der Waals surface area (Å²) in [6.45, 7) is 2.41. The molecular weight excluding hydrogens is 394 g/mol. The summed E-state index contributed by atoms with van der Waals surface area (Å²) in [5.74, 6) is 1.21. The van der Waals surface area contributed by atoms with Crippen molar-refractivity contribution in [3.05, 3.63) is 94.3 Å². The molecule has 0 radical (unpaired) electrons. The van der Waals surface area contributed by atoms with Crippen LogP contribution in [0.15, 0.2) is 82.7 Å². The van der Waals surface area contributed by atoms with Crippen LogP contribution in [0.4, 0.5) is 0 Å². The van der Waals surface area contributed by atoms with Crippen LogP contribution in [-0.2, 0) is 5.75 Å². The van der Waals surface area contributed by atoms with Gasteiger partial charge in [-0.1, -0.05) is 48.2 Å². The molecule has 0 aliphatic carbocycles. The fraction of sp³-hybridized carbons (Fsp3) is 0.125. The largest absolute Gasteiger partial charge is 0.492 e. The molecule has 148 valence electrons. The molecule has 0 aliphatic rings. The van der Waals surface area contributed by atoms with Crippen LogP contribution in [-0.4, -0.2) is 16.2 Å². The highest BCUT2D eigenvalue weighted by molar-refractivity contribution is 7.98. The van der Waals surface area contributed by atoms with E-state index in [1.54, 1.807) is 16.7 Å². The minimum Gasteiger partial charge on any atom is -0.492 e. The van der Waals surface area contributed by atoms with Gasteiger partial charge in [0.2, 0.25) is 0 Å². The molecule has 4 rings (SSSR count). The lowest BCUT2D eigenvalue weighted by molar-refractivity contribution is 0.338. The van der Waals surface area contributed by atoms with Crippen molar-refractivity contribution in [1.82, 2.24) is 9.55 Å². The molecular formula is C24H19N3O2S. The predicted octanol–water partition coefficient (Wildman–Crippen LogP) is 4.95. The zero-order valence-corrected chi connectivity index (χ0v) is 17.2. The second-order valence-corrected chi connectivity index (χ2v) is 7.50. The third-order valence-corrected chi connectivity index (χ3v) is 5.58. The van der Waals surface area contributed by atoms with E-state index in [0.717, 1.165) is 5.56 Å². The van der Waals surface area contributed by atoms with Crippen molar-refractivity contribution < 1.29 is 4.74 Å². The van der Waals surface area contributed by atoms with Crippen LogP contribution >= 0.6 is 11.8 Å². The van der Waals surface area contributed by atoms with Crippen LogP contribution in [0.25, 0.3) is 16.6 Å². The van der Waals surface area contributed by atoms with Gasteiger partial charge in [-0.15, -0.1) is 0 Å². The predicted molar refractivity (Wildman–Crippen MR) is 119 cm³/mol. The standard InChI is InChI=1S/C24H19N3O2S/c1-2-29-22-13-6-5-12-21(22)27-23(28)19-10-3-4-11-20(19)26-24(27)30-16-18-9-7-8-17(14-18)15-25/h3-14H,2,16H2,1H3. The number of fused-ring (bicyclic) bond motifs is 1. The van der Waals surface area contributed by atoms with Crippen molar-refractivity contribution in [2.75, 3.05) is 6.61 Å². The Morgan fingerprint density at radius 2 is 1.87 bits per heavy atom. The summed E-state index contributed by atoms with van der Waals surface area (Å²) >= 11 is 1.46. The molecule has 5 nitrogen and oxygen atoms in total. The number of benzene rings is 3. The quantitative estimate of drug-likeness (QED) is 0.330. The third-order valence-electron chi connectivity index (χ3n) is 4.57. The number of nitriles is 1. The van der Waals surface area contributed by atoms with E-state index >= 15 is 0 Å². The number of nitrogens with zero attached hydrogens (tertiary/aromatic N) is 3. The van der Waals surface area contributed by atoms with Gasteiger partial charge in [0.1, 0.15) is 5.75 Å². The normalized spacial score (nSPS) is 10.7. The Bertz CT molecular complexity index is 1310. The topological polar surface area (TPSA) is 67.9 Å². The van der Waals surface area contributed by atoms with Crippen molar-refractivity contribution >= 4 is 22.7 Å². The molecule has 1 aromatic heterocycles. The van der Waals surface area contributed by atoms with Gasteiger partial charge in [-0.25, -0.2) is 4.98 Å². The summed E-state index contributed by atoms with van der Waals surface area (Å²) in [6.07, 6.45) is 0. The van der Waals surface area contributed by atoms with Gasteiger partial charge in [0.05, 0.1) is 34.8 Å². The summed E-state index contributed by atoms with van der Waals surface area (Å²) in [7, 11) is 0. The number of hydrogen-bond donors (Lipinski definition) is 0. The highest BCUT2D eigenvalue weighted by atomic mass is 32.2. The first-order valence-electron chi connectivity index (χ1n) is 9.57. The molecule has 0 unspecified atom stereocenters. The Morgan fingerprint density at radius 3 is 2.70 bits per heavy atom. The van der Waals surface area contributed by atoms with Crippen molar-refractivity contribution in [2.24, 2.45) is 0 Å². The SMILES string of the molecule is CCOc1ccccc1-n1c(SCc2cccc(C#N)c2)nc2ccccc2c1=O. The lowest BCUT2D eigenvalue weighted by atomic mass is 10.2. The Morgan fingerprint density at radius 1 is 1.07 bits per heavy atom. The van der Waals surface area contributed by atoms with Crippen LogP contribution in [0.2, 0.25) is 0 Å². The number of ether oxygens (including phenoxy) is 1. The minimum atomic E-state index is -0.138. The summed E-state index contributed by atoms with van der Waals surface area (Å²) in [5, 5.41) is 10.3. The number of hydrogen-bond acceptors (Lipinski definition) is 5. The van der Waals surface area contributed by atoms with E-state index in [2.05, 4.69) is 6.07 Å². The average molecular weight is 414 g/mol. The number of aromatic nitrogens is 2. The van der Waals surface area contributed by atoms with Crippen LogP contribution in [0.1, 0.15) is 18.1 Å². The highest BCUT2D eigenvalue weighted by Gasteiger charge is 2.16. The molecule has 0 amide bonds. The summed E-state index contributed by atoms with van der Waals surface area (Å²) in [6, 6.07) is 24.4. The van der Waals surface area contributed by atoms with Gasteiger partial charge in [-0.05, 0) is 48.9 Å². The van der Waals surface area contributed by atoms with Crippen molar-refractivity contribution in [3.8, 4) is 17.5 Å². The third kappa shape index (κ3) is 3.93. The Hall–Kier alpha value is -3.56. The van der Waals surface area contributed by atoms with E-state index in [0.29, 0.717) is 45.4 Å². The number of rotatable bonds is 6. The van der Waals surface area contributed by atoms with Gasteiger partial charge in [0, 0.05) is 5.75 Å². The van der Waals surface area contributed by atoms with E-state index < -0.39 is 0 Å². The second kappa shape index (κ2) is 8.85. The second-order valence-electron chi connectivity index (χ2n) is 6.55. The summed E-state index contributed by atoms with van der Waals surface area (Å²) in [5.41, 5.74) is 2.78. The molecule has 0 atom stereocenters. The molecule has 0 fully saturated rings. The van der Waals surface area contributed by atoms with Crippen molar-refractivity contribution in [3.63, 3.8) is 0 Å². The molecule has 0 saturated carbocycles. The molecule has 3 aromatic carbocycles. The number of para-hydroxylation sites is 3. The summed E-state index contributed by atoms with van der Waals surface area (Å²) in [4.78, 5) is 18.2. The van der Waals surface area contributed by atoms with Crippen molar-refractivity contribution in [1.29, 1.82) is 5.26 Å². The van der Waals surface area contributed by atoms with Gasteiger partial charge in [0.15, 0.2) is 5.16 Å². The molecule has 0 N–H and O–H groups in total. The lowest BCUT2D eigenvalue weighted by Gasteiger charge is -2.16. The maximum Gasteiger partial charge on any atom is 0.266 e. The van der Waals surface area contributed by atoms with Gasteiger partial charge in [-0.3, -0.25) is 9.36 Å². The van der Waals surface area contributed by atoms with Gasteiger partial charge in [-0.2, -0.15) is 5.26 Å². The van der Waals surface area contributed by atoms with Gasteiger partial charge in [0.25, 0.3) is 5.56 Å². The first-order valence-corrected chi connectivity index (χ1v) is 10.6. The van der Waals surface area contributed by atoms with Crippen LogP contribution in [0, 0.1) is 11.3 Å². The van der Waals surface area contributed by atoms with Gasteiger partial charge < -0.3 is 4.74 Å². The van der Waals surface area contributed by atoms with E-state index in [9.17, 15) is 4.79 Å². The Kier molecular flexibility index (Phi) is 5.82. The van der Waals surface area contributed by atoms with E-state index in [-0.39, 0.29) is 5.56 Å². The molecule has 6 heteroatoms. The van der Waals surface area contributed by atoms with Crippen LogP contribution < -0.4 is 10.3 Å². The average Bonchev–Trinajstić information content (AvgIpc) is 2.79. The maximum atomic E-state index is 13.4. The van der Waals surface area contributed by atoms with E-state index in [4.69, 9.17) is 15.0 Å². The van der Waals surface area contributed by atoms with Crippen LogP contribution in [0.3, 0.4) is 0 Å². The molecule has 0 spiro atoms.